The number of nitrogens with zero attached hydrogens (tertiary/aromatic N) is 1. The van der Waals surface area contributed by atoms with Gasteiger partial charge < -0.3 is 9.15 Å². The van der Waals surface area contributed by atoms with Crippen molar-refractivity contribution < 1.29 is 13.9 Å². The fourth-order valence-corrected chi connectivity index (χ4v) is 2.14. The lowest BCUT2D eigenvalue weighted by Gasteiger charge is -2.05. The maximum absolute atomic E-state index is 11.2. The van der Waals surface area contributed by atoms with Crippen molar-refractivity contribution in [2.24, 2.45) is 5.84 Å². The molecule has 106 valence electrons. The molecule has 0 aliphatic rings. The molecule has 0 spiro atoms. The van der Waals surface area contributed by atoms with Crippen LogP contribution in [0.4, 0.5) is 0 Å². The van der Waals surface area contributed by atoms with Gasteiger partial charge in [-0.15, -0.1) is 0 Å². The summed E-state index contributed by atoms with van der Waals surface area (Å²) in [6.07, 6.45) is 1.62. The third kappa shape index (κ3) is 4.01. The second-order valence-electron chi connectivity index (χ2n) is 3.95. The van der Waals surface area contributed by atoms with Gasteiger partial charge in [0, 0.05) is 11.3 Å². The molecule has 0 bridgehead atoms. The molecule has 0 aliphatic heterocycles. The Kier molecular flexibility index (Phi) is 5.03. The van der Waals surface area contributed by atoms with Crippen LogP contribution in [0.15, 0.2) is 40.2 Å². The lowest BCUT2D eigenvalue weighted by Crippen LogP contribution is -2.29. The van der Waals surface area contributed by atoms with Gasteiger partial charge in [-0.1, -0.05) is 11.8 Å². The molecule has 0 fully saturated rings. The highest BCUT2D eigenvalue weighted by molar-refractivity contribution is 7.99. The van der Waals surface area contributed by atoms with Crippen LogP contribution in [0, 0.1) is 6.92 Å². The number of hydrazine groups is 1. The molecule has 1 aromatic heterocycles. The van der Waals surface area contributed by atoms with E-state index < -0.39 is 0 Å². The van der Waals surface area contributed by atoms with Crippen molar-refractivity contribution in [3.05, 3.63) is 41.8 Å². The number of nitrogens with two attached hydrogens (primary N) is 1. The highest BCUT2D eigenvalue weighted by Crippen LogP contribution is 2.17. The lowest BCUT2D eigenvalue weighted by atomic mass is 10.2. The monoisotopic (exact) mass is 293 g/mol. The van der Waals surface area contributed by atoms with Crippen LogP contribution in [0.3, 0.4) is 0 Å². The lowest BCUT2D eigenvalue weighted by molar-refractivity contribution is 0.0953. The van der Waals surface area contributed by atoms with E-state index in [1.54, 1.807) is 30.5 Å². The number of hydrogen-bond acceptors (Lipinski definition) is 6. The molecular weight excluding hydrogens is 278 g/mol. The van der Waals surface area contributed by atoms with E-state index in [1.165, 1.54) is 11.8 Å². The van der Waals surface area contributed by atoms with Gasteiger partial charge in [-0.2, -0.15) is 0 Å². The Bertz CT molecular complexity index is 568. The average Bonchev–Trinajstić information content (AvgIpc) is 2.89. The first kappa shape index (κ1) is 14.4. The molecule has 1 heterocycles. The minimum Gasteiger partial charge on any atom is -0.493 e. The van der Waals surface area contributed by atoms with Crippen LogP contribution in [0.1, 0.15) is 16.1 Å². The fraction of sp³-hybridized carbons (Fsp3) is 0.231. The Labute approximate surface area is 120 Å². The largest absolute Gasteiger partial charge is 0.493 e. The second-order valence-corrected chi connectivity index (χ2v) is 5.00. The first-order chi connectivity index (χ1) is 9.69. The Morgan fingerprint density at radius 3 is 2.80 bits per heavy atom. The van der Waals surface area contributed by atoms with E-state index >= 15 is 0 Å². The Hall–Kier alpha value is -1.99. The maximum atomic E-state index is 11.2. The Morgan fingerprint density at radius 2 is 2.20 bits per heavy atom. The van der Waals surface area contributed by atoms with Crippen LogP contribution >= 0.6 is 11.8 Å². The quantitative estimate of drug-likeness (QED) is 0.277. The SMILES string of the molecule is Cc1coc(SCCOc2ccc(C(=O)NN)cc2)n1. The summed E-state index contributed by atoms with van der Waals surface area (Å²) in [5.74, 6) is 6.15. The van der Waals surface area contributed by atoms with Crippen LogP contribution in [-0.2, 0) is 0 Å². The van der Waals surface area contributed by atoms with Crippen LogP contribution in [0.2, 0.25) is 0 Å². The molecule has 0 atom stereocenters. The summed E-state index contributed by atoms with van der Waals surface area (Å²) in [6.45, 7) is 2.40. The molecule has 6 nitrogen and oxygen atoms in total. The molecule has 1 amide bonds. The smallest absolute Gasteiger partial charge is 0.265 e. The molecular formula is C13H15N3O3S. The molecule has 0 radical (unpaired) electrons. The summed E-state index contributed by atoms with van der Waals surface area (Å²) in [4.78, 5) is 15.4. The zero-order valence-corrected chi connectivity index (χ0v) is 11.8. The Balaban J connectivity index is 1.75. The second kappa shape index (κ2) is 6.97. The number of thioether (sulfide) groups is 1. The van der Waals surface area contributed by atoms with Gasteiger partial charge in [0.05, 0.1) is 12.3 Å². The van der Waals surface area contributed by atoms with Crippen LogP contribution < -0.4 is 16.0 Å². The van der Waals surface area contributed by atoms with Crippen molar-refractivity contribution >= 4 is 17.7 Å². The van der Waals surface area contributed by atoms with Crippen molar-refractivity contribution in [2.75, 3.05) is 12.4 Å². The van der Waals surface area contributed by atoms with Crippen LogP contribution in [-0.4, -0.2) is 23.3 Å². The molecule has 2 aromatic rings. The molecule has 0 aliphatic carbocycles. The summed E-state index contributed by atoms with van der Waals surface area (Å²) in [5, 5.41) is 0.640. The number of ether oxygens (including phenoxy) is 1. The number of benzene rings is 1. The van der Waals surface area contributed by atoms with E-state index in [2.05, 4.69) is 10.4 Å². The van der Waals surface area contributed by atoms with Gasteiger partial charge in [0.2, 0.25) is 0 Å². The number of oxazole rings is 1. The minimum atomic E-state index is -0.327. The molecule has 0 saturated carbocycles. The molecule has 1 aromatic carbocycles. The predicted molar refractivity (Wildman–Crippen MR) is 75.6 cm³/mol. The van der Waals surface area contributed by atoms with E-state index in [1.807, 2.05) is 6.92 Å². The van der Waals surface area contributed by atoms with Gasteiger partial charge in [-0.3, -0.25) is 10.2 Å². The number of amides is 1. The third-order valence-electron chi connectivity index (χ3n) is 2.42. The van der Waals surface area contributed by atoms with Crippen molar-refractivity contribution in [1.29, 1.82) is 0 Å². The summed E-state index contributed by atoms with van der Waals surface area (Å²) in [6, 6.07) is 6.76. The number of nitrogens with one attached hydrogen (secondary N) is 1. The predicted octanol–water partition coefficient (Wildman–Crippen LogP) is 1.76. The van der Waals surface area contributed by atoms with E-state index in [-0.39, 0.29) is 5.91 Å². The van der Waals surface area contributed by atoms with Gasteiger partial charge in [0.1, 0.15) is 12.0 Å². The maximum Gasteiger partial charge on any atom is 0.265 e. The molecule has 3 N–H and O–H groups in total. The van der Waals surface area contributed by atoms with Gasteiger partial charge in [0.25, 0.3) is 11.1 Å². The molecule has 2 rings (SSSR count). The van der Waals surface area contributed by atoms with Crippen molar-refractivity contribution in [2.45, 2.75) is 12.1 Å². The van der Waals surface area contributed by atoms with E-state index in [0.717, 1.165) is 11.4 Å². The van der Waals surface area contributed by atoms with E-state index in [4.69, 9.17) is 15.0 Å². The molecule has 0 unspecified atom stereocenters. The number of aromatic nitrogens is 1. The first-order valence-electron chi connectivity index (χ1n) is 5.98. The Morgan fingerprint density at radius 1 is 1.45 bits per heavy atom. The standard InChI is InChI=1S/C13H15N3O3S/c1-9-8-19-13(15-9)20-7-6-18-11-4-2-10(3-5-11)12(17)16-14/h2-5,8H,6-7,14H2,1H3,(H,16,17). The van der Waals surface area contributed by atoms with Crippen molar-refractivity contribution in [1.82, 2.24) is 10.4 Å². The summed E-state index contributed by atoms with van der Waals surface area (Å²) in [5.41, 5.74) is 3.43. The van der Waals surface area contributed by atoms with Gasteiger partial charge in [0.15, 0.2) is 0 Å². The molecule has 7 heteroatoms. The van der Waals surface area contributed by atoms with Crippen molar-refractivity contribution in [3.63, 3.8) is 0 Å². The zero-order chi connectivity index (χ0) is 14.4. The van der Waals surface area contributed by atoms with E-state index in [9.17, 15) is 4.79 Å². The van der Waals surface area contributed by atoms with Gasteiger partial charge in [-0.05, 0) is 31.2 Å². The zero-order valence-electron chi connectivity index (χ0n) is 11.0. The first-order valence-corrected chi connectivity index (χ1v) is 6.96. The van der Waals surface area contributed by atoms with Crippen molar-refractivity contribution in [3.8, 4) is 5.75 Å². The van der Waals surface area contributed by atoms with Crippen LogP contribution in [0.25, 0.3) is 0 Å². The topological polar surface area (TPSA) is 90.4 Å². The minimum absolute atomic E-state index is 0.327. The van der Waals surface area contributed by atoms with Crippen LogP contribution in [0.5, 0.6) is 5.75 Å². The summed E-state index contributed by atoms with van der Waals surface area (Å²) >= 11 is 1.49. The fourth-order valence-electron chi connectivity index (χ4n) is 1.47. The number of aryl methyl sites for hydroxylation is 1. The highest BCUT2D eigenvalue weighted by Gasteiger charge is 2.04. The number of rotatable bonds is 6. The van der Waals surface area contributed by atoms with Gasteiger partial charge >= 0.3 is 0 Å². The third-order valence-corrected chi connectivity index (χ3v) is 3.23. The average molecular weight is 293 g/mol. The summed E-state index contributed by atoms with van der Waals surface area (Å²) in [7, 11) is 0. The van der Waals surface area contributed by atoms with Gasteiger partial charge in [-0.25, -0.2) is 10.8 Å². The molecule has 0 saturated heterocycles. The summed E-state index contributed by atoms with van der Waals surface area (Å²) < 4.78 is 10.8. The molecule has 20 heavy (non-hydrogen) atoms. The van der Waals surface area contributed by atoms with E-state index in [0.29, 0.717) is 23.1 Å². The number of nitrogen functional groups attached to an aromatic ring is 1. The number of carbonyl (C=O) groups is 1. The normalized spacial score (nSPS) is 10.3. The number of hydrogen-bond donors (Lipinski definition) is 2. The number of carbonyl (C=O) groups excluding carboxylic acids is 1. The highest BCUT2D eigenvalue weighted by atomic mass is 32.2.